The molecular weight excluding hydrogens is 410 g/mol. The maximum Gasteiger partial charge on any atom is 0.246 e. The van der Waals surface area contributed by atoms with Crippen LogP contribution in [0.5, 0.6) is 28.7 Å². The number of hydrogen-bond acceptors (Lipinski definition) is 6. The van der Waals surface area contributed by atoms with Gasteiger partial charge in [-0.15, -0.1) is 0 Å². The number of methoxy groups -OCH3 is 3. The number of ether oxygens (including phenoxy) is 5. The largest absolute Gasteiger partial charge is 0.493 e. The van der Waals surface area contributed by atoms with E-state index in [0.717, 1.165) is 11.1 Å². The first-order chi connectivity index (χ1) is 14.5. The smallest absolute Gasteiger partial charge is 0.246 e. The van der Waals surface area contributed by atoms with Crippen LogP contribution >= 0.6 is 11.6 Å². The second kappa shape index (κ2) is 9.63. The van der Waals surface area contributed by atoms with Gasteiger partial charge in [-0.05, 0) is 35.9 Å². The summed E-state index contributed by atoms with van der Waals surface area (Å²) in [6.45, 7) is 1.25. The number of carbonyl (C=O) groups is 1. The number of hydrogen-bond donors (Lipinski definition) is 0. The Labute approximate surface area is 180 Å². The molecule has 0 bridgehead atoms. The molecule has 1 heterocycles. The number of likely N-dealkylation sites (N-methyl/N-ethyl adjacent to an activating group) is 1. The van der Waals surface area contributed by atoms with Crippen molar-refractivity contribution in [2.24, 2.45) is 0 Å². The van der Waals surface area contributed by atoms with Gasteiger partial charge in [0.25, 0.3) is 0 Å². The highest BCUT2D eigenvalue weighted by molar-refractivity contribution is 6.32. The van der Waals surface area contributed by atoms with Gasteiger partial charge in [-0.1, -0.05) is 11.6 Å². The zero-order chi connectivity index (χ0) is 21.7. The third-order valence-electron chi connectivity index (χ3n) is 4.61. The molecule has 0 saturated heterocycles. The monoisotopic (exact) mass is 433 g/mol. The van der Waals surface area contributed by atoms with Gasteiger partial charge in [-0.2, -0.15) is 0 Å². The molecule has 0 unspecified atom stereocenters. The SMILES string of the molecule is COc1ccc(CN(C)C(=O)/C=C/c2cc(Cl)c3c(c2)OCCO3)c(OC)c1OC. The molecule has 0 spiro atoms. The number of nitrogens with zero attached hydrogens (tertiary/aromatic N) is 1. The fourth-order valence-electron chi connectivity index (χ4n) is 3.14. The third kappa shape index (κ3) is 4.57. The molecule has 160 valence electrons. The number of rotatable bonds is 7. The molecule has 0 saturated carbocycles. The predicted octanol–water partition coefficient (Wildman–Crippen LogP) is 3.81. The summed E-state index contributed by atoms with van der Waals surface area (Å²) in [5, 5.41) is 0.447. The van der Waals surface area contributed by atoms with Gasteiger partial charge in [0.1, 0.15) is 13.2 Å². The minimum Gasteiger partial charge on any atom is -0.493 e. The zero-order valence-electron chi connectivity index (χ0n) is 17.4. The summed E-state index contributed by atoms with van der Waals surface area (Å²) in [6.07, 6.45) is 3.17. The summed E-state index contributed by atoms with van der Waals surface area (Å²) in [5.74, 6) is 2.49. The first-order valence-corrected chi connectivity index (χ1v) is 9.66. The van der Waals surface area contributed by atoms with E-state index in [0.29, 0.717) is 53.5 Å². The lowest BCUT2D eigenvalue weighted by Gasteiger charge is -2.20. The van der Waals surface area contributed by atoms with E-state index in [1.165, 1.54) is 6.08 Å². The van der Waals surface area contributed by atoms with Crippen LogP contribution in [0.25, 0.3) is 6.08 Å². The Hall–Kier alpha value is -3.06. The lowest BCUT2D eigenvalue weighted by molar-refractivity contribution is -0.125. The minimum absolute atomic E-state index is 0.183. The molecule has 1 amide bonds. The Kier molecular flexibility index (Phi) is 6.95. The van der Waals surface area contributed by atoms with Crippen molar-refractivity contribution in [3.63, 3.8) is 0 Å². The molecule has 2 aromatic carbocycles. The molecule has 0 atom stereocenters. The molecule has 0 radical (unpaired) electrons. The lowest BCUT2D eigenvalue weighted by atomic mass is 10.1. The van der Waals surface area contributed by atoms with Crippen LogP contribution in [0.4, 0.5) is 0 Å². The first-order valence-electron chi connectivity index (χ1n) is 9.28. The summed E-state index contributed by atoms with van der Waals surface area (Å²) < 4.78 is 27.3. The van der Waals surface area contributed by atoms with E-state index in [-0.39, 0.29) is 5.91 Å². The maximum atomic E-state index is 12.6. The summed E-state index contributed by atoms with van der Waals surface area (Å²) >= 11 is 6.25. The van der Waals surface area contributed by atoms with Gasteiger partial charge in [0.2, 0.25) is 11.7 Å². The van der Waals surface area contributed by atoms with Gasteiger partial charge in [0.05, 0.1) is 26.4 Å². The fraction of sp³-hybridized carbons (Fsp3) is 0.318. The maximum absolute atomic E-state index is 12.6. The normalized spacial score (nSPS) is 12.6. The number of amides is 1. The Morgan fingerprint density at radius 1 is 1.10 bits per heavy atom. The Bertz CT molecular complexity index is 959. The third-order valence-corrected chi connectivity index (χ3v) is 4.89. The van der Waals surface area contributed by atoms with Crippen LogP contribution in [0.1, 0.15) is 11.1 Å². The average molecular weight is 434 g/mol. The molecule has 0 aromatic heterocycles. The second-order valence-corrected chi connectivity index (χ2v) is 6.96. The molecule has 3 rings (SSSR count). The summed E-state index contributed by atoms with van der Waals surface area (Å²) in [4.78, 5) is 14.2. The van der Waals surface area contributed by atoms with E-state index in [1.807, 2.05) is 6.07 Å². The number of halogens is 1. The van der Waals surface area contributed by atoms with Crippen molar-refractivity contribution in [1.29, 1.82) is 0 Å². The number of carbonyl (C=O) groups excluding carboxylic acids is 1. The van der Waals surface area contributed by atoms with Gasteiger partial charge in [-0.3, -0.25) is 4.79 Å². The van der Waals surface area contributed by atoms with E-state index in [4.69, 9.17) is 35.3 Å². The van der Waals surface area contributed by atoms with Crippen LogP contribution in [-0.4, -0.2) is 52.4 Å². The van der Waals surface area contributed by atoms with Crippen molar-refractivity contribution in [2.45, 2.75) is 6.54 Å². The molecule has 30 heavy (non-hydrogen) atoms. The van der Waals surface area contributed by atoms with Crippen LogP contribution in [0.3, 0.4) is 0 Å². The molecule has 2 aromatic rings. The van der Waals surface area contributed by atoms with Crippen molar-refractivity contribution >= 4 is 23.6 Å². The van der Waals surface area contributed by atoms with Gasteiger partial charge in [0, 0.05) is 25.2 Å². The van der Waals surface area contributed by atoms with Crippen LogP contribution < -0.4 is 23.7 Å². The van der Waals surface area contributed by atoms with Crippen molar-refractivity contribution in [1.82, 2.24) is 4.90 Å². The molecule has 1 aliphatic rings. The molecule has 1 aliphatic heterocycles. The zero-order valence-corrected chi connectivity index (χ0v) is 18.1. The van der Waals surface area contributed by atoms with Crippen molar-refractivity contribution < 1.29 is 28.5 Å². The van der Waals surface area contributed by atoms with E-state index in [2.05, 4.69) is 0 Å². The molecular formula is C22H24ClNO6. The highest BCUT2D eigenvalue weighted by atomic mass is 35.5. The topological polar surface area (TPSA) is 66.5 Å². The van der Waals surface area contributed by atoms with Crippen LogP contribution in [0.2, 0.25) is 5.02 Å². The average Bonchev–Trinajstić information content (AvgIpc) is 2.76. The van der Waals surface area contributed by atoms with Crippen LogP contribution in [0, 0.1) is 0 Å². The second-order valence-electron chi connectivity index (χ2n) is 6.55. The molecule has 0 fully saturated rings. The molecule has 0 aliphatic carbocycles. The first kappa shape index (κ1) is 21.6. The lowest BCUT2D eigenvalue weighted by Crippen LogP contribution is -2.24. The summed E-state index contributed by atoms with van der Waals surface area (Å²) in [6, 6.07) is 7.15. The highest BCUT2D eigenvalue weighted by Crippen LogP contribution is 2.40. The van der Waals surface area contributed by atoms with E-state index in [1.54, 1.807) is 57.6 Å². The number of fused-ring (bicyclic) bond motifs is 1. The molecule has 8 heteroatoms. The number of benzene rings is 2. The van der Waals surface area contributed by atoms with Crippen molar-refractivity contribution in [2.75, 3.05) is 41.6 Å². The standard InChI is InChI=1S/C22H24ClNO6/c1-24(13-15-6-7-17(26-2)22(28-4)20(15)27-3)19(25)8-5-14-11-16(23)21-18(12-14)29-9-10-30-21/h5-8,11-12H,9-10,13H2,1-4H3/b8-5+. The van der Waals surface area contributed by atoms with Crippen LogP contribution in [-0.2, 0) is 11.3 Å². The fourth-order valence-corrected chi connectivity index (χ4v) is 3.42. The quantitative estimate of drug-likeness (QED) is 0.618. The van der Waals surface area contributed by atoms with Gasteiger partial charge in [-0.25, -0.2) is 0 Å². The minimum atomic E-state index is -0.183. The van der Waals surface area contributed by atoms with Gasteiger partial charge < -0.3 is 28.6 Å². The Morgan fingerprint density at radius 3 is 2.53 bits per heavy atom. The molecule has 7 nitrogen and oxygen atoms in total. The highest BCUT2D eigenvalue weighted by Gasteiger charge is 2.19. The Morgan fingerprint density at radius 2 is 1.83 bits per heavy atom. The Balaban J connectivity index is 1.75. The molecule has 0 N–H and O–H groups in total. The van der Waals surface area contributed by atoms with Crippen LogP contribution in [0.15, 0.2) is 30.3 Å². The van der Waals surface area contributed by atoms with E-state index < -0.39 is 0 Å². The van der Waals surface area contributed by atoms with Gasteiger partial charge in [0.15, 0.2) is 23.0 Å². The van der Waals surface area contributed by atoms with Gasteiger partial charge >= 0.3 is 0 Å². The summed E-state index contributed by atoms with van der Waals surface area (Å²) in [5.41, 5.74) is 1.54. The predicted molar refractivity (Wildman–Crippen MR) is 114 cm³/mol. The van der Waals surface area contributed by atoms with Crippen molar-refractivity contribution in [3.8, 4) is 28.7 Å². The van der Waals surface area contributed by atoms with E-state index in [9.17, 15) is 4.79 Å². The summed E-state index contributed by atoms with van der Waals surface area (Å²) in [7, 11) is 6.36. The van der Waals surface area contributed by atoms with E-state index >= 15 is 0 Å². The van der Waals surface area contributed by atoms with Crippen molar-refractivity contribution in [3.05, 3.63) is 46.5 Å².